The Bertz CT molecular complexity index is 315. The number of quaternary nitrogens is 2. The maximum Gasteiger partial charge on any atom is 0.0845 e. The van der Waals surface area contributed by atoms with Gasteiger partial charge in [0.15, 0.2) is 0 Å². The number of carbonyl (C=O) groups is 1. The highest BCUT2D eigenvalue weighted by atomic mass is 17.1. The summed E-state index contributed by atoms with van der Waals surface area (Å²) in [6.45, 7) is 12.0. The van der Waals surface area contributed by atoms with Crippen molar-refractivity contribution in [3.8, 4) is 0 Å². The number of nitrogens with zero attached hydrogens (tertiary/aromatic N) is 2. The average Bonchev–Trinajstić information content (AvgIpc) is 2.59. The fraction of sp³-hybridized carbons (Fsp3) is 0.850. The highest BCUT2D eigenvalue weighted by Gasteiger charge is 1.98. The Labute approximate surface area is 173 Å². The van der Waals surface area contributed by atoms with Crippen molar-refractivity contribution in [2.75, 3.05) is 81.8 Å². The summed E-state index contributed by atoms with van der Waals surface area (Å²) < 4.78 is 11.6. The Morgan fingerprint density at radius 3 is 1.57 bits per heavy atom. The quantitative estimate of drug-likeness (QED) is 0.170. The van der Waals surface area contributed by atoms with Gasteiger partial charge in [0.1, 0.15) is 0 Å². The van der Waals surface area contributed by atoms with Crippen LogP contribution in [0, 0.1) is 0 Å². The van der Waals surface area contributed by atoms with Crippen LogP contribution in [-0.2, 0) is 19.2 Å². The molecule has 0 aliphatic carbocycles. The summed E-state index contributed by atoms with van der Waals surface area (Å²) in [5, 5.41) is 19.0. The zero-order valence-corrected chi connectivity index (χ0v) is 19.9. The van der Waals surface area contributed by atoms with Gasteiger partial charge in [-0.05, 0) is 33.8 Å². The molecule has 0 unspecified atom stereocenters. The van der Waals surface area contributed by atoms with Crippen LogP contribution in [0.3, 0.4) is 0 Å². The highest BCUT2D eigenvalue weighted by molar-refractivity contribution is 5.64. The van der Waals surface area contributed by atoms with E-state index in [-0.39, 0.29) is 19.6 Å². The van der Waals surface area contributed by atoms with E-state index in [1.54, 1.807) is 0 Å². The van der Waals surface area contributed by atoms with Crippen molar-refractivity contribution in [2.45, 2.75) is 34.1 Å². The zero-order chi connectivity index (χ0) is 23.1. The largest absolute Gasteiger partial charge is 0.723 e. The summed E-state index contributed by atoms with van der Waals surface area (Å²) in [6.07, 6.45) is 2.95. The minimum Gasteiger partial charge on any atom is -0.723 e. The van der Waals surface area contributed by atoms with Crippen LogP contribution in [0.1, 0.15) is 34.1 Å². The third-order valence-corrected chi connectivity index (χ3v) is 3.08. The maximum atomic E-state index is 9.68. The molecule has 0 aromatic rings. The van der Waals surface area contributed by atoms with Crippen LogP contribution in [0.5, 0.6) is 0 Å². The lowest BCUT2D eigenvalue weighted by molar-refractivity contribution is -0.868. The predicted octanol–water partition coefficient (Wildman–Crippen LogP) is 0.416. The topological polar surface area (TPSA) is 90.9 Å². The third kappa shape index (κ3) is 64.1. The van der Waals surface area contributed by atoms with E-state index in [1.807, 2.05) is 13.8 Å². The molecule has 0 atom stereocenters. The van der Waals surface area contributed by atoms with Crippen LogP contribution < -0.4 is 10.4 Å². The first-order chi connectivity index (χ1) is 12.8. The number of aliphatic carboxylic acids is 1. The molecule has 0 spiro atoms. The first-order valence-electron chi connectivity index (χ1n) is 9.70. The molecule has 28 heavy (non-hydrogen) atoms. The minimum absolute atomic E-state index is 0.00611. The van der Waals surface area contributed by atoms with Crippen LogP contribution in [-0.4, -0.2) is 96.7 Å². The highest BCUT2D eigenvalue weighted by Crippen LogP contribution is 1.84. The van der Waals surface area contributed by atoms with Gasteiger partial charge in [-0.3, -0.25) is 0 Å². The summed E-state index contributed by atoms with van der Waals surface area (Å²) in [5.74, 6) is -1.06. The number of rotatable bonds is 10. The van der Waals surface area contributed by atoms with E-state index in [0.29, 0.717) is 13.2 Å². The van der Waals surface area contributed by atoms with Gasteiger partial charge in [0.05, 0.1) is 81.5 Å². The lowest BCUT2D eigenvalue weighted by Crippen LogP contribution is -2.33. The van der Waals surface area contributed by atoms with Crippen LogP contribution in [0.15, 0.2) is 12.3 Å². The van der Waals surface area contributed by atoms with Gasteiger partial charge in [-0.15, -0.1) is 0 Å². The molecule has 0 radical (unpaired) electrons. The van der Waals surface area contributed by atoms with Crippen LogP contribution in [0.2, 0.25) is 0 Å². The van der Waals surface area contributed by atoms with Crippen LogP contribution in [0.25, 0.3) is 0 Å². The average molecular weight is 411 g/mol. The summed E-state index contributed by atoms with van der Waals surface area (Å²) >= 11 is 0. The zero-order valence-electron chi connectivity index (χ0n) is 19.9. The second-order valence-corrected chi connectivity index (χ2v) is 7.64. The molecule has 0 N–H and O–H groups in total. The van der Waals surface area contributed by atoms with Gasteiger partial charge in [0, 0.05) is 19.0 Å². The van der Waals surface area contributed by atoms with Crippen molar-refractivity contribution >= 4 is 5.97 Å². The van der Waals surface area contributed by atoms with Gasteiger partial charge in [0.25, 0.3) is 0 Å². The number of hydrogen-bond donors (Lipinski definition) is 0. The normalized spacial score (nSPS) is 10.7. The van der Waals surface area contributed by atoms with Crippen molar-refractivity contribution in [1.29, 1.82) is 0 Å². The monoisotopic (exact) mass is 410 g/mol. The number of carboxylic acids is 1. The molecule has 0 aliphatic rings. The van der Waals surface area contributed by atoms with E-state index in [2.05, 4.69) is 61.0 Å². The van der Waals surface area contributed by atoms with Crippen molar-refractivity contribution in [1.82, 2.24) is 0 Å². The summed E-state index contributed by atoms with van der Waals surface area (Å²) in [7, 11) is 13.1. The van der Waals surface area contributed by atoms with E-state index >= 15 is 0 Å². The van der Waals surface area contributed by atoms with E-state index in [0.717, 1.165) is 8.97 Å². The number of carbonyl (C=O) groups excluding carboxylic acids is 1. The number of carboxylic acid groups (broad SMARTS) is 1. The van der Waals surface area contributed by atoms with Crippen LogP contribution >= 0.6 is 0 Å². The molecule has 0 saturated carbocycles. The van der Waals surface area contributed by atoms with Crippen LogP contribution in [0.4, 0.5) is 0 Å². The molecule has 0 amide bonds. The van der Waals surface area contributed by atoms with Gasteiger partial charge in [-0.25, -0.2) is 0 Å². The fourth-order valence-electron chi connectivity index (χ4n) is 0.543. The lowest BCUT2D eigenvalue weighted by atomic mass is 10.5. The molecule has 0 aliphatic heterocycles. The molecule has 0 bridgehead atoms. The molecule has 8 heteroatoms. The summed E-state index contributed by atoms with van der Waals surface area (Å²) in [5.41, 5.74) is 0. The molecule has 0 saturated heterocycles. The molecule has 0 aromatic carbocycles. The molecule has 8 nitrogen and oxygen atoms in total. The van der Waals surface area contributed by atoms with Crippen molar-refractivity contribution in [3.05, 3.63) is 12.3 Å². The molecule has 0 aromatic heterocycles. The molecule has 0 rings (SSSR count). The fourth-order valence-corrected chi connectivity index (χ4v) is 0.543. The van der Waals surface area contributed by atoms with E-state index in [9.17, 15) is 15.2 Å². The Balaban J connectivity index is -0.000000139. The smallest absolute Gasteiger partial charge is 0.0845 e. The lowest BCUT2D eigenvalue weighted by Gasteiger charge is -2.20. The molecular weight excluding hydrogens is 364 g/mol. The standard InChI is InChI=1S/2C5H14N.2C5H10O3/c2*1-5-6(2,3)4;1-2-7-4-3-5-8-6;1-2-8-4-3-5(6)7/h2*5H2,1-4H3;3-4,6H,2,5H2,1H3;2-4H2,1H3,(H,6,7)/q2*+1;;/p-2/b;;4-3+;. The van der Waals surface area contributed by atoms with Gasteiger partial charge in [0.2, 0.25) is 0 Å². The molecule has 0 fully saturated rings. The third-order valence-electron chi connectivity index (χ3n) is 3.08. The molecule has 172 valence electrons. The first-order valence-corrected chi connectivity index (χ1v) is 9.70. The summed E-state index contributed by atoms with van der Waals surface area (Å²) in [6, 6.07) is 0. The SMILES string of the molecule is CCO/C=C/CO[O-].CCOCCC(=O)[O-].CC[N+](C)(C)C.CC[N+](C)(C)C. The van der Waals surface area contributed by atoms with Crippen molar-refractivity contribution < 1.29 is 38.5 Å². The molecule has 0 heterocycles. The van der Waals surface area contributed by atoms with E-state index < -0.39 is 5.97 Å². The maximum absolute atomic E-state index is 9.68. The molecular formula is C20H46N2O6. The Kier molecular flexibility index (Phi) is 29.2. The van der Waals surface area contributed by atoms with Gasteiger partial charge < -0.3 is 38.5 Å². The van der Waals surface area contributed by atoms with E-state index in [4.69, 9.17) is 9.47 Å². The Morgan fingerprint density at radius 1 is 0.893 bits per heavy atom. The minimum atomic E-state index is -1.06. The predicted molar refractivity (Wildman–Crippen MR) is 110 cm³/mol. The van der Waals surface area contributed by atoms with Gasteiger partial charge in [-0.1, -0.05) is 0 Å². The Hall–Kier alpha value is -1.19. The number of hydrogen-bond acceptors (Lipinski definition) is 6. The van der Waals surface area contributed by atoms with Crippen molar-refractivity contribution in [3.63, 3.8) is 0 Å². The van der Waals surface area contributed by atoms with Gasteiger partial charge >= 0.3 is 0 Å². The van der Waals surface area contributed by atoms with E-state index in [1.165, 1.54) is 25.4 Å². The summed E-state index contributed by atoms with van der Waals surface area (Å²) in [4.78, 5) is 13.2. The second kappa shape index (κ2) is 23.8. The number of ether oxygens (including phenoxy) is 2. The second-order valence-electron chi connectivity index (χ2n) is 7.64. The first kappa shape index (κ1) is 34.3. The van der Waals surface area contributed by atoms with Crippen molar-refractivity contribution in [2.24, 2.45) is 0 Å². The Morgan fingerprint density at radius 2 is 1.32 bits per heavy atom. The van der Waals surface area contributed by atoms with Gasteiger partial charge in [-0.2, -0.15) is 0 Å².